The summed E-state index contributed by atoms with van der Waals surface area (Å²) < 4.78 is 5.35. The first kappa shape index (κ1) is 17.5. The van der Waals surface area contributed by atoms with E-state index in [1.165, 1.54) is 38.5 Å². The van der Waals surface area contributed by atoms with Gasteiger partial charge in [0, 0.05) is 19.0 Å². The molecule has 1 saturated heterocycles. The second-order valence-corrected chi connectivity index (χ2v) is 7.24. The minimum absolute atomic E-state index is 0.126. The lowest BCUT2D eigenvalue weighted by molar-refractivity contribution is -0.141. The van der Waals surface area contributed by atoms with Gasteiger partial charge >= 0.3 is 0 Å². The minimum atomic E-state index is 0.126. The molecule has 0 bridgehead atoms. The van der Waals surface area contributed by atoms with Crippen LogP contribution in [0.3, 0.4) is 0 Å². The number of hydrogen-bond donors (Lipinski definition) is 0. The van der Waals surface area contributed by atoms with Crippen molar-refractivity contribution in [2.24, 2.45) is 17.8 Å². The molecule has 3 nitrogen and oxygen atoms in total. The van der Waals surface area contributed by atoms with E-state index in [0.717, 1.165) is 25.4 Å². The molecule has 2 rings (SSSR count). The molecule has 3 heteroatoms. The van der Waals surface area contributed by atoms with Gasteiger partial charge in [0.1, 0.15) is 0 Å². The van der Waals surface area contributed by atoms with Crippen molar-refractivity contribution in [3.05, 3.63) is 12.2 Å². The van der Waals surface area contributed by atoms with Gasteiger partial charge in [0.05, 0.1) is 13.2 Å². The van der Waals surface area contributed by atoms with Crippen molar-refractivity contribution < 1.29 is 9.53 Å². The van der Waals surface area contributed by atoms with E-state index < -0.39 is 0 Å². The standard InChI is InChI=1S/C19H33NO2/c1-16(2)18(19(21)20-12-14-22-15-13-20)11-7-6-10-17-8-4-3-5-9-17/h6-7,16-18H,3-5,8-15H2,1-2H3/t18-/m0/s1. The fraction of sp³-hybridized carbons (Fsp3) is 0.842. The molecule has 1 aliphatic heterocycles. The van der Waals surface area contributed by atoms with Crippen LogP contribution in [0.5, 0.6) is 0 Å². The first-order chi connectivity index (χ1) is 10.7. The summed E-state index contributed by atoms with van der Waals surface area (Å²) in [5.41, 5.74) is 0. The van der Waals surface area contributed by atoms with E-state index in [2.05, 4.69) is 26.0 Å². The van der Waals surface area contributed by atoms with Gasteiger partial charge in [-0.1, -0.05) is 58.1 Å². The Labute approximate surface area is 136 Å². The molecule has 126 valence electrons. The molecule has 0 aromatic heterocycles. The number of nitrogens with zero attached hydrogens (tertiary/aromatic N) is 1. The van der Waals surface area contributed by atoms with Gasteiger partial charge < -0.3 is 9.64 Å². The van der Waals surface area contributed by atoms with Crippen LogP contribution in [-0.2, 0) is 9.53 Å². The lowest BCUT2D eigenvalue weighted by atomic mass is 9.86. The number of ether oxygens (including phenoxy) is 1. The van der Waals surface area contributed by atoms with Gasteiger partial charge in [0.2, 0.25) is 5.91 Å². The topological polar surface area (TPSA) is 29.5 Å². The summed E-state index contributed by atoms with van der Waals surface area (Å²) >= 11 is 0. The van der Waals surface area contributed by atoms with E-state index in [1.54, 1.807) is 0 Å². The van der Waals surface area contributed by atoms with Crippen molar-refractivity contribution in [1.29, 1.82) is 0 Å². The van der Waals surface area contributed by atoms with Crippen LogP contribution in [0.1, 0.15) is 58.8 Å². The van der Waals surface area contributed by atoms with Crippen molar-refractivity contribution in [2.75, 3.05) is 26.3 Å². The first-order valence-electron chi connectivity index (χ1n) is 9.20. The van der Waals surface area contributed by atoms with Crippen LogP contribution in [0.2, 0.25) is 0 Å². The Kier molecular flexibility index (Phi) is 7.44. The van der Waals surface area contributed by atoms with Gasteiger partial charge in [-0.15, -0.1) is 0 Å². The fourth-order valence-corrected chi connectivity index (χ4v) is 3.63. The highest BCUT2D eigenvalue weighted by molar-refractivity contribution is 5.79. The van der Waals surface area contributed by atoms with E-state index in [9.17, 15) is 4.79 Å². The summed E-state index contributed by atoms with van der Waals surface area (Å²) in [6.07, 6.45) is 13.7. The number of morpholine rings is 1. The molecule has 0 unspecified atom stereocenters. The SMILES string of the molecule is CC(C)[C@H](CC=CCC1CCCCC1)C(=O)N1CCOCC1. The second-order valence-electron chi connectivity index (χ2n) is 7.24. The zero-order valence-corrected chi connectivity index (χ0v) is 14.4. The van der Waals surface area contributed by atoms with Gasteiger partial charge in [-0.05, 0) is 24.7 Å². The summed E-state index contributed by atoms with van der Waals surface area (Å²) in [4.78, 5) is 14.7. The van der Waals surface area contributed by atoms with Crippen molar-refractivity contribution in [3.63, 3.8) is 0 Å². The van der Waals surface area contributed by atoms with Crippen molar-refractivity contribution in [2.45, 2.75) is 58.8 Å². The van der Waals surface area contributed by atoms with Gasteiger partial charge in [-0.25, -0.2) is 0 Å². The van der Waals surface area contributed by atoms with Gasteiger partial charge in [-0.3, -0.25) is 4.79 Å². The smallest absolute Gasteiger partial charge is 0.226 e. The maximum absolute atomic E-state index is 12.7. The van der Waals surface area contributed by atoms with Gasteiger partial charge in [-0.2, -0.15) is 0 Å². The molecule has 0 aromatic rings. The number of amides is 1. The van der Waals surface area contributed by atoms with Crippen LogP contribution in [0.4, 0.5) is 0 Å². The number of hydrogen-bond acceptors (Lipinski definition) is 2. The van der Waals surface area contributed by atoms with E-state index in [0.29, 0.717) is 25.0 Å². The third-order valence-corrected chi connectivity index (χ3v) is 5.20. The van der Waals surface area contributed by atoms with Crippen LogP contribution in [-0.4, -0.2) is 37.1 Å². The monoisotopic (exact) mass is 307 g/mol. The van der Waals surface area contributed by atoms with Crippen LogP contribution < -0.4 is 0 Å². The number of carbonyl (C=O) groups is 1. The number of allylic oxidation sites excluding steroid dienone is 2. The molecule has 1 atom stereocenters. The third kappa shape index (κ3) is 5.42. The van der Waals surface area contributed by atoms with E-state index in [4.69, 9.17) is 4.74 Å². The van der Waals surface area contributed by atoms with Gasteiger partial charge in [0.15, 0.2) is 0 Å². The molecule has 0 radical (unpaired) electrons. The largest absolute Gasteiger partial charge is 0.378 e. The van der Waals surface area contributed by atoms with Crippen molar-refractivity contribution in [3.8, 4) is 0 Å². The Balaban J connectivity index is 1.78. The third-order valence-electron chi connectivity index (χ3n) is 5.20. The molecular formula is C19H33NO2. The van der Waals surface area contributed by atoms with Crippen LogP contribution in [0.25, 0.3) is 0 Å². The molecule has 0 spiro atoms. The lowest BCUT2D eigenvalue weighted by Gasteiger charge is -2.31. The van der Waals surface area contributed by atoms with Crippen LogP contribution >= 0.6 is 0 Å². The summed E-state index contributed by atoms with van der Waals surface area (Å²) in [6.45, 7) is 7.22. The normalized spacial score (nSPS) is 22.4. The molecule has 0 aromatic carbocycles. The summed E-state index contributed by atoms with van der Waals surface area (Å²) in [5, 5.41) is 0. The predicted octanol–water partition coefficient (Wildman–Crippen LogP) is 4.03. The molecule has 2 aliphatic rings. The Morgan fingerprint density at radius 1 is 1.14 bits per heavy atom. The summed E-state index contributed by atoms with van der Waals surface area (Å²) in [6, 6.07) is 0. The maximum Gasteiger partial charge on any atom is 0.226 e. The molecule has 0 N–H and O–H groups in total. The molecule has 22 heavy (non-hydrogen) atoms. The average Bonchev–Trinajstić information content (AvgIpc) is 2.56. The Morgan fingerprint density at radius 3 is 2.45 bits per heavy atom. The molecule has 1 saturated carbocycles. The summed E-state index contributed by atoms with van der Waals surface area (Å²) in [7, 11) is 0. The van der Waals surface area contributed by atoms with E-state index >= 15 is 0 Å². The van der Waals surface area contributed by atoms with Gasteiger partial charge in [0.25, 0.3) is 0 Å². The Hall–Kier alpha value is -0.830. The first-order valence-corrected chi connectivity index (χ1v) is 9.20. The van der Waals surface area contributed by atoms with Crippen molar-refractivity contribution in [1.82, 2.24) is 4.90 Å². The quantitative estimate of drug-likeness (QED) is 0.693. The second kappa shape index (κ2) is 9.34. The molecule has 1 aliphatic carbocycles. The highest BCUT2D eigenvalue weighted by Gasteiger charge is 2.27. The van der Waals surface area contributed by atoms with Crippen LogP contribution in [0, 0.1) is 17.8 Å². The van der Waals surface area contributed by atoms with Crippen LogP contribution in [0.15, 0.2) is 12.2 Å². The average molecular weight is 307 g/mol. The number of rotatable bonds is 6. The summed E-state index contributed by atoms with van der Waals surface area (Å²) in [5.74, 6) is 1.73. The highest BCUT2D eigenvalue weighted by atomic mass is 16.5. The Bertz CT molecular complexity index is 352. The lowest BCUT2D eigenvalue weighted by Crippen LogP contribution is -2.44. The van der Waals surface area contributed by atoms with Crippen molar-refractivity contribution >= 4 is 5.91 Å². The highest BCUT2D eigenvalue weighted by Crippen LogP contribution is 2.27. The fourth-order valence-electron chi connectivity index (χ4n) is 3.63. The zero-order valence-electron chi connectivity index (χ0n) is 14.4. The van der Waals surface area contributed by atoms with E-state index in [-0.39, 0.29) is 5.92 Å². The molecule has 1 amide bonds. The molecule has 1 heterocycles. The number of carbonyl (C=O) groups excluding carboxylic acids is 1. The molecular weight excluding hydrogens is 274 g/mol. The molecule has 2 fully saturated rings. The van der Waals surface area contributed by atoms with E-state index in [1.807, 2.05) is 4.90 Å². The minimum Gasteiger partial charge on any atom is -0.378 e. The zero-order chi connectivity index (χ0) is 15.8. The maximum atomic E-state index is 12.7. The Morgan fingerprint density at radius 2 is 1.82 bits per heavy atom. The predicted molar refractivity (Wildman–Crippen MR) is 90.7 cm³/mol.